The molecule has 0 aromatic heterocycles. The third kappa shape index (κ3) is 10.9. The predicted octanol–water partition coefficient (Wildman–Crippen LogP) is 7.21. The molecule has 46 heavy (non-hydrogen) atoms. The summed E-state index contributed by atoms with van der Waals surface area (Å²) in [6.07, 6.45) is 9.52. The highest BCUT2D eigenvalue weighted by Crippen LogP contribution is 2.30. The molecule has 0 amide bonds. The van der Waals surface area contributed by atoms with Crippen LogP contribution in [-0.4, -0.2) is 111 Å². The van der Waals surface area contributed by atoms with Gasteiger partial charge in [-0.2, -0.15) is 0 Å². The van der Waals surface area contributed by atoms with Crippen LogP contribution in [0.5, 0.6) is 5.75 Å². The Hall–Kier alpha value is -1.69. The van der Waals surface area contributed by atoms with Gasteiger partial charge in [0.25, 0.3) is 0 Å². The number of nitrogens with zero attached hydrogens (tertiary/aromatic N) is 6. The van der Waals surface area contributed by atoms with E-state index >= 15 is 0 Å². The summed E-state index contributed by atoms with van der Waals surface area (Å²) in [5.74, 6) is 1.45. The number of hydrogen-bond donors (Lipinski definition) is 0. The molecule has 2 aromatic carbocycles. The van der Waals surface area contributed by atoms with Crippen molar-refractivity contribution in [2.45, 2.75) is 56.8 Å². The lowest BCUT2D eigenvalue weighted by molar-refractivity contribution is 0.183. The molecule has 0 radical (unpaired) electrons. The van der Waals surface area contributed by atoms with Gasteiger partial charge in [-0.1, -0.05) is 26.2 Å². The molecule has 1 unspecified atom stereocenters. The number of hydrogen-bond acceptors (Lipinski definition) is 9. The fraction of sp³-hybridized carbons (Fsp3) is 0.667. The predicted molar refractivity (Wildman–Crippen MR) is 196 cm³/mol. The average molecular weight is 673 g/mol. The Kier molecular flexibility index (Phi) is 14.1. The minimum absolute atomic E-state index is 0.291. The van der Waals surface area contributed by atoms with Crippen molar-refractivity contribution in [3.05, 3.63) is 48.3 Å². The van der Waals surface area contributed by atoms with Gasteiger partial charge >= 0.3 is 0 Å². The lowest BCUT2D eigenvalue weighted by atomic mass is 9.89. The summed E-state index contributed by atoms with van der Waals surface area (Å²) >= 11 is 3.88. The van der Waals surface area contributed by atoms with Crippen LogP contribution in [0.3, 0.4) is 0 Å². The highest BCUT2D eigenvalue weighted by Gasteiger charge is 2.25. The van der Waals surface area contributed by atoms with E-state index in [1.807, 2.05) is 30.1 Å². The van der Waals surface area contributed by atoms with Crippen LogP contribution in [0.15, 0.2) is 47.4 Å². The molecule has 7 nitrogen and oxygen atoms in total. The van der Waals surface area contributed by atoms with Crippen LogP contribution < -0.4 is 14.5 Å². The van der Waals surface area contributed by atoms with Crippen molar-refractivity contribution in [2.24, 2.45) is 11.8 Å². The van der Waals surface area contributed by atoms with Crippen molar-refractivity contribution < 1.29 is 9.13 Å². The van der Waals surface area contributed by atoms with Gasteiger partial charge in [0, 0.05) is 107 Å². The Morgan fingerprint density at radius 2 is 1.46 bits per heavy atom. The number of methoxy groups -OCH3 is 1. The Labute approximate surface area is 287 Å². The van der Waals surface area contributed by atoms with Crippen LogP contribution in [-0.2, 0) is 0 Å². The molecule has 1 saturated carbocycles. The highest BCUT2D eigenvalue weighted by atomic mass is 32.2. The molecule has 1 atom stereocenters. The largest absolute Gasteiger partial charge is 0.494 e. The second-order valence-electron chi connectivity index (χ2n) is 13.7. The highest BCUT2D eigenvalue weighted by molar-refractivity contribution is 7.97. The van der Waals surface area contributed by atoms with Gasteiger partial charge in [-0.25, -0.2) is 17.3 Å². The third-order valence-corrected chi connectivity index (χ3v) is 11.8. The summed E-state index contributed by atoms with van der Waals surface area (Å²) in [7, 11) is 5.72. The van der Waals surface area contributed by atoms with Crippen LogP contribution >= 0.6 is 24.1 Å². The Morgan fingerprint density at radius 1 is 0.783 bits per heavy atom. The summed E-state index contributed by atoms with van der Waals surface area (Å²) in [5.41, 5.74) is 2.18. The Balaban J connectivity index is 1.21. The van der Waals surface area contributed by atoms with Crippen LogP contribution in [0.4, 0.5) is 15.8 Å². The zero-order chi connectivity index (χ0) is 32.3. The maximum atomic E-state index is 14.4. The average Bonchev–Trinajstić information content (AvgIpc) is 3.05. The fourth-order valence-corrected chi connectivity index (χ4v) is 9.35. The van der Waals surface area contributed by atoms with Gasteiger partial charge in [-0.15, -0.1) is 0 Å². The van der Waals surface area contributed by atoms with E-state index in [2.05, 4.69) is 72.9 Å². The van der Waals surface area contributed by atoms with Gasteiger partial charge in [0.2, 0.25) is 0 Å². The fourth-order valence-electron chi connectivity index (χ4n) is 7.06. The summed E-state index contributed by atoms with van der Waals surface area (Å²) in [6, 6.07) is 14.3. The summed E-state index contributed by atoms with van der Waals surface area (Å²) in [5, 5.41) is 0. The van der Waals surface area contributed by atoms with Crippen molar-refractivity contribution in [3.63, 3.8) is 0 Å². The van der Waals surface area contributed by atoms with Gasteiger partial charge in [0.1, 0.15) is 0 Å². The molecule has 1 aliphatic carbocycles. The van der Waals surface area contributed by atoms with Crippen molar-refractivity contribution in [3.8, 4) is 5.75 Å². The van der Waals surface area contributed by atoms with E-state index in [4.69, 9.17) is 4.74 Å². The smallest absolute Gasteiger partial charge is 0.167 e. The van der Waals surface area contributed by atoms with Crippen LogP contribution in [0.2, 0.25) is 0 Å². The van der Waals surface area contributed by atoms with Crippen LogP contribution in [0.25, 0.3) is 0 Å². The normalized spacial score (nSPS) is 22.7. The molecule has 10 heteroatoms. The zero-order valence-electron chi connectivity index (χ0n) is 28.7. The number of piperazine rings is 1. The van der Waals surface area contributed by atoms with E-state index in [9.17, 15) is 4.39 Å². The number of rotatable bonds is 9. The van der Waals surface area contributed by atoms with E-state index in [0.717, 1.165) is 64.0 Å². The lowest BCUT2D eigenvalue weighted by Crippen LogP contribution is -2.45. The molecule has 0 spiro atoms. The quantitative estimate of drug-likeness (QED) is 0.257. The van der Waals surface area contributed by atoms with Crippen LogP contribution in [0, 0.1) is 17.7 Å². The first-order valence-corrected chi connectivity index (χ1v) is 19.1. The van der Waals surface area contributed by atoms with Gasteiger partial charge in [0.05, 0.1) is 7.11 Å². The van der Waals surface area contributed by atoms with E-state index in [0.29, 0.717) is 11.7 Å². The zero-order valence-corrected chi connectivity index (χ0v) is 30.3. The molecular weight excluding hydrogens is 616 g/mol. The summed E-state index contributed by atoms with van der Waals surface area (Å²) < 4.78 is 27.3. The molecule has 5 rings (SSSR count). The van der Waals surface area contributed by atoms with E-state index in [1.54, 1.807) is 12.1 Å². The first-order chi connectivity index (χ1) is 22.4. The van der Waals surface area contributed by atoms with Crippen molar-refractivity contribution in [1.29, 1.82) is 0 Å². The summed E-state index contributed by atoms with van der Waals surface area (Å²) in [4.78, 5) is 8.58. The molecule has 0 N–H and O–H groups in total. The first kappa shape index (κ1) is 35.6. The van der Waals surface area contributed by atoms with Crippen LogP contribution in [0.1, 0.15) is 51.9 Å². The van der Waals surface area contributed by atoms with Crippen molar-refractivity contribution >= 4 is 35.5 Å². The third-order valence-electron chi connectivity index (χ3n) is 9.59. The molecule has 3 aliphatic rings. The monoisotopic (exact) mass is 672 g/mol. The maximum Gasteiger partial charge on any atom is 0.167 e. The molecular formula is C36H57FN6OS2. The molecule has 2 saturated heterocycles. The standard InChI is InChI=1S/C36H57FN6OS2/c1-30-27-42(45-34-15-12-32(13-16-34)38(2)3)20-8-18-39(29-31-10-6-5-7-11-31)19-9-21-43(28-30)46-41-24-22-40(23-25-41)33-14-17-36(44-4)35(37)26-33/h12-17,26,30-31H,5-11,18-25,27-29H2,1-4H3. The molecule has 0 bridgehead atoms. The molecule has 2 aliphatic heterocycles. The Bertz CT molecular complexity index is 1180. The minimum Gasteiger partial charge on any atom is -0.494 e. The second kappa shape index (κ2) is 18.2. The summed E-state index contributed by atoms with van der Waals surface area (Å²) in [6.45, 7) is 14.2. The SMILES string of the molecule is COc1ccc(N2CCN(SN3CCCN(CC4CCCCC4)CCCN(Sc4ccc(N(C)C)cc4)CC(C)C3)CC2)cc1F. The van der Waals surface area contributed by atoms with E-state index < -0.39 is 0 Å². The molecule has 256 valence electrons. The second-order valence-corrected chi connectivity index (χ2v) is 16.1. The number of halogens is 1. The van der Waals surface area contributed by atoms with Gasteiger partial charge in [-0.3, -0.25) is 0 Å². The Morgan fingerprint density at radius 3 is 2.11 bits per heavy atom. The number of anilines is 2. The van der Waals surface area contributed by atoms with Crippen molar-refractivity contribution in [1.82, 2.24) is 17.8 Å². The van der Waals surface area contributed by atoms with Crippen molar-refractivity contribution in [2.75, 3.05) is 103 Å². The van der Waals surface area contributed by atoms with Gasteiger partial charge in [-0.05, 0) is 99.0 Å². The lowest BCUT2D eigenvalue weighted by Gasteiger charge is -2.38. The van der Waals surface area contributed by atoms with E-state index in [-0.39, 0.29) is 5.82 Å². The molecule has 3 fully saturated rings. The first-order valence-electron chi connectivity index (χ1n) is 17.6. The maximum absolute atomic E-state index is 14.4. The topological polar surface area (TPSA) is 28.7 Å². The van der Waals surface area contributed by atoms with Gasteiger partial charge < -0.3 is 19.4 Å². The van der Waals surface area contributed by atoms with Gasteiger partial charge in [0.15, 0.2) is 11.6 Å². The molecule has 2 aromatic rings. The number of benzene rings is 2. The minimum atomic E-state index is -0.291. The molecule has 2 heterocycles. The van der Waals surface area contributed by atoms with E-state index in [1.165, 1.54) is 82.3 Å². The number of ether oxygens (including phenoxy) is 1.